The standard InChI is InChI=1S/C12H24O4.C4H10O2/c1-6-8-9-10(7-2)11(13)14-16-15-12(3,4)5;1-4(2,3)6-5/h10H,6-9H2,1-5H3;5H,1-3H3. The fraction of sp³-hybridized carbons (Fsp3) is 0.938. The number of rotatable bonds is 7. The van der Waals surface area contributed by atoms with E-state index in [9.17, 15) is 4.79 Å². The molecule has 0 aliphatic heterocycles. The first-order chi connectivity index (χ1) is 9.96. The molecule has 0 saturated carbocycles. The molecule has 0 aliphatic carbocycles. The number of hydrogen-bond donors (Lipinski definition) is 1. The van der Waals surface area contributed by atoms with Crippen LogP contribution in [0.5, 0.6) is 0 Å². The van der Waals surface area contributed by atoms with Crippen LogP contribution in [0.1, 0.15) is 81.1 Å². The predicted molar refractivity (Wildman–Crippen MR) is 84.8 cm³/mol. The van der Waals surface area contributed by atoms with Crippen molar-refractivity contribution >= 4 is 5.97 Å². The summed E-state index contributed by atoms with van der Waals surface area (Å²) < 4.78 is 0. The fourth-order valence-electron chi connectivity index (χ4n) is 1.16. The summed E-state index contributed by atoms with van der Waals surface area (Å²) in [5.41, 5.74) is -0.884. The van der Waals surface area contributed by atoms with E-state index in [1.54, 1.807) is 20.8 Å². The third kappa shape index (κ3) is 17.4. The zero-order chi connectivity index (χ0) is 17.8. The average molecular weight is 322 g/mol. The molecule has 0 fully saturated rings. The minimum absolute atomic E-state index is 0.0940. The van der Waals surface area contributed by atoms with Gasteiger partial charge in [0.05, 0.1) is 17.1 Å². The maximum Gasteiger partial charge on any atom is 0.348 e. The smallest absolute Gasteiger partial charge is 0.269 e. The van der Waals surface area contributed by atoms with Crippen LogP contribution in [0.15, 0.2) is 0 Å². The molecular weight excluding hydrogens is 288 g/mol. The summed E-state index contributed by atoms with van der Waals surface area (Å²) in [6, 6.07) is 0. The quantitative estimate of drug-likeness (QED) is 0.542. The lowest BCUT2D eigenvalue weighted by atomic mass is 10.00. The summed E-state index contributed by atoms with van der Waals surface area (Å²) in [5, 5.41) is 12.4. The van der Waals surface area contributed by atoms with Gasteiger partial charge in [-0.25, -0.2) is 9.68 Å². The van der Waals surface area contributed by atoms with Crippen LogP contribution in [0, 0.1) is 5.92 Å². The molecule has 0 saturated heterocycles. The highest BCUT2D eigenvalue weighted by molar-refractivity contribution is 5.71. The molecule has 22 heavy (non-hydrogen) atoms. The van der Waals surface area contributed by atoms with Crippen LogP contribution < -0.4 is 0 Å². The van der Waals surface area contributed by atoms with E-state index >= 15 is 0 Å². The van der Waals surface area contributed by atoms with Gasteiger partial charge in [-0.15, -0.1) is 0 Å². The summed E-state index contributed by atoms with van der Waals surface area (Å²) >= 11 is 0. The molecule has 0 heterocycles. The van der Waals surface area contributed by atoms with Crippen LogP contribution in [0.2, 0.25) is 0 Å². The Hall–Kier alpha value is -0.690. The van der Waals surface area contributed by atoms with E-state index in [1.807, 2.05) is 27.7 Å². The van der Waals surface area contributed by atoms with Gasteiger partial charge in [0.15, 0.2) is 0 Å². The number of unbranched alkanes of at least 4 members (excludes halogenated alkanes) is 1. The molecule has 0 aliphatic rings. The van der Waals surface area contributed by atoms with E-state index in [-0.39, 0.29) is 11.9 Å². The molecule has 0 aromatic heterocycles. The first-order valence-corrected chi connectivity index (χ1v) is 7.85. The average Bonchev–Trinajstić information content (AvgIpc) is 2.38. The van der Waals surface area contributed by atoms with Crippen molar-refractivity contribution in [1.29, 1.82) is 0 Å². The molecule has 6 heteroatoms. The van der Waals surface area contributed by atoms with Crippen molar-refractivity contribution in [2.24, 2.45) is 5.92 Å². The SMILES string of the molecule is CC(C)(C)OO.CCCCC(CC)C(=O)OOOC(C)(C)C. The minimum atomic E-state index is -0.481. The molecule has 134 valence electrons. The van der Waals surface area contributed by atoms with Crippen LogP contribution in [0.25, 0.3) is 0 Å². The zero-order valence-electron chi connectivity index (χ0n) is 15.4. The first-order valence-electron chi connectivity index (χ1n) is 7.85. The number of hydrogen-bond acceptors (Lipinski definition) is 6. The highest BCUT2D eigenvalue weighted by Crippen LogP contribution is 2.15. The van der Waals surface area contributed by atoms with Gasteiger partial charge in [0, 0.05) is 0 Å². The summed E-state index contributed by atoms with van der Waals surface area (Å²) in [7, 11) is 0. The van der Waals surface area contributed by atoms with Crippen molar-refractivity contribution in [3.63, 3.8) is 0 Å². The maximum atomic E-state index is 11.5. The van der Waals surface area contributed by atoms with Gasteiger partial charge in [-0.05, 0) is 59.4 Å². The Balaban J connectivity index is 0. The van der Waals surface area contributed by atoms with Crippen LogP contribution in [-0.4, -0.2) is 22.4 Å². The normalized spacial score (nSPS) is 13.1. The van der Waals surface area contributed by atoms with Crippen molar-refractivity contribution in [1.82, 2.24) is 0 Å². The molecule has 1 N–H and O–H groups in total. The molecule has 1 unspecified atom stereocenters. The monoisotopic (exact) mass is 322 g/mol. The first kappa shape index (κ1) is 23.6. The van der Waals surface area contributed by atoms with Crippen LogP contribution in [0.3, 0.4) is 0 Å². The van der Waals surface area contributed by atoms with Crippen LogP contribution in [-0.2, 0) is 24.5 Å². The van der Waals surface area contributed by atoms with Gasteiger partial charge >= 0.3 is 5.97 Å². The van der Waals surface area contributed by atoms with E-state index in [4.69, 9.17) is 10.1 Å². The van der Waals surface area contributed by atoms with E-state index in [0.29, 0.717) is 0 Å². The lowest BCUT2D eigenvalue weighted by Gasteiger charge is -2.17. The summed E-state index contributed by atoms with van der Waals surface area (Å²) in [6.07, 6.45) is 3.69. The minimum Gasteiger partial charge on any atom is -0.269 e. The van der Waals surface area contributed by atoms with Gasteiger partial charge < -0.3 is 0 Å². The molecule has 0 bridgehead atoms. The molecule has 0 spiro atoms. The number of carbonyl (C=O) groups excluding carboxylic acids is 1. The topological polar surface area (TPSA) is 74.2 Å². The Labute approximate surface area is 134 Å². The van der Waals surface area contributed by atoms with Gasteiger partial charge in [-0.1, -0.05) is 26.7 Å². The molecule has 0 aromatic rings. The number of carbonyl (C=O) groups is 1. The summed E-state index contributed by atoms with van der Waals surface area (Å²) in [6.45, 7) is 14.8. The molecule has 0 aromatic carbocycles. The van der Waals surface area contributed by atoms with E-state index in [1.165, 1.54) is 0 Å². The molecule has 0 radical (unpaired) electrons. The van der Waals surface area contributed by atoms with E-state index in [0.717, 1.165) is 25.7 Å². The van der Waals surface area contributed by atoms with Gasteiger partial charge in [0.25, 0.3) is 0 Å². The van der Waals surface area contributed by atoms with E-state index in [2.05, 4.69) is 21.7 Å². The fourth-order valence-corrected chi connectivity index (χ4v) is 1.16. The summed E-state index contributed by atoms with van der Waals surface area (Å²) in [5.74, 6) is -0.441. The molecule has 1 atom stereocenters. The van der Waals surface area contributed by atoms with Crippen molar-refractivity contribution < 1.29 is 29.8 Å². The highest BCUT2D eigenvalue weighted by atomic mass is 17.5. The lowest BCUT2D eigenvalue weighted by molar-refractivity contribution is -0.515. The zero-order valence-corrected chi connectivity index (χ0v) is 15.4. The predicted octanol–water partition coefficient (Wildman–Crippen LogP) is 4.68. The van der Waals surface area contributed by atoms with Crippen molar-refractivity contribution in [2.45, 2.75) is 92.3 Å². The Morgan fingerprint density at radius 2 is 1.55 bits per heavy atom. The molecule has 0 rings (SSSR count). The van der Waals surface area contributed by atoms with Gasteiger partial charge in [-0.2, -0.15) is 4.89 Å². The molecule has 0 amide bonds. The van der Waals surface area contributed by atoms with Crippen molar-refractivity contribution in [2.75, 3.05) is 0 Å². The van der Waals surface area contributed by atoms with Crippen molar-refractivity contribution in [3.8, 4) is 0 Å². The van der Waals surface area contributed by atoms with Gasteiger partial charge in [-0.3, -0.25) is 10.1 Å². The maximum absolute atomic E-state index is 11.5. The second-order valence-electron chi connectivity index (χ2n) is 7.12. The Morgan fingerprint density at radius 1 is 1.05 bits per heavy atom. The largest absolute Gasteiger partial charge is 0.348 e. The second kappa shape index (κ2) is 11.8. The summed E-state index contributed by atoms with van der Waals surface area (Å²) in [4.78, 5) is 24.9. The third-order valence-corrected chi connectivity index (χ3v) is 2.41. The second-order valence-corrected chi connectivity index (χ2v) is 7.12. The highest BCUT2D eigenvalue weighted by Gasteiger charge is 2.20. The molecule has 6 nitrogen and oxygen atoms in total. The van der Waals surface area contributed by atoms with Crippen LogP contribution >= 0.6 is 0 Å². The van der Waals surface area contributed by atoms with Crippen molar-refractivity contribution in [3.05, 3.63) is 0 Å². The Bertz CT molecular complexity index is 277. The molecular formula is C16H34O6. The van der Waals surface area contributed by atoms with Gasteiger partial charge in [0.1, 0.15) is 0 Å². The Kier molecular flexibility index (Phi) is 12.7. The third-order valence-electron chi connectivity index (χ3n) is 2.41. The van der Waals surface area contributed by atoms with E-state index < -0.39 is 11.2 Å². The lowest BCUT2D eigenvalue weighted by Crippen LogP contribution is -2.23. The Morgan fingerprint density at radius 3 is 1.86 bits per heavy atom. The van der Waals surface area contributed by atoms with Gasteiger partial charge in [0.2, 0.25) is 0 Å². The van der Waals surface area contributed by atoms with Crippen LogP contribution in [0.4, 0.5) is 0 Å².